The maximum absolute atomic E-state index is 11.3. The molecule has 0 saturated carbocycles. The van der Waals surface area contributed by atoms with Crippen LogP contribution < -0.4 is 4.90 Å². The van der Waals surface area contributed by atoms with Gasteiger partial charge in [0.2, 0.25) is 5.88 Å². The van der Waals surface area contributed by atoms with E-state index in [1.54, 1.807) is 0 Å². The van der Waals surface area contributed by atoms with Crippen molar-refractivity contribution in [3.63, 3.8) is 0 Å². The molecule has 0 aliphatic carbocycles. The van der Waals surface area contributed by atoms with Crippen molar-refractivity contribution < 1.29 is 23.8 Å². The normalized spacial score (nSPS) is 20.4. The van der Waals surface area contributed by atoms with Crippen LogP contribution >= 0.6 is 0 Å². The van der Waals surface area contributed by atoms with Crippen molar-refractivity contribution in [2.45, 2.75) is 12.5 Å². The smallest absolute Gasteiger partial charge is 0.417 e. The molecule has 1 aliphatic rings. The van der Waals surface area contributed by atoms with Crippen molar-refractivity contribution in [2.24, 2.45) is 0 Å². The predicted molar refractivity (Wildman–Crippen MR) is 46.4 cm³/mol. The second-order valence-corrected chi connectivity index (χ2v) is 3.05. The van der Waals surface area contributed by atoms with Gasteiger partial charge in [-0.2, -0.15) is 0 Å². The van der Waals surface area contributed by atoms with Gasteiger partial charge in [-0.1, -0.05) is 0 Å². The zero-order valence-electron chi connectivity index (χ0n) is 7.62. The molecular weight excluding hydrogens is 204 g/mol. The summed E-state index contributed by atoms with van der Waals surface area (Å²) >= 11 is 0. The molecule has 1 saturated heterocycles. The van der Waals surface area contributed by atoms with Crippen molar-refractivity contribution >= 4 is 17.9 Å². The Kier molecular flexibility index (Phi) is 2.28. The van der Waals surface area contributed by atoms with E-state index in [1.165, 1.54) is 17.5 Å². The van der Waals surface area contributed by atoms with Crippen LogP contribution in [0.1, 0.15) is 6.42 Å². The molecule has 1 aromatic rings. The molecule has 7 nitrogen and oxygen atoms in total. The summed E-state index contributed by atoms with van der Waals surface area (Å²) in [6.45, 7) is 0.167. The number of oxazole rings is 1. The van der Waals surface area contributed by atoms with Gasteiger partial charge in [-0.25, -0.2) is 14.7 Å². The van der Waals surface area contributed by atoms with Crippen molar-refractivity contribution in [3.8, 4) is 0 Å². The Bertz CT molecular complexity index is 374. The average Bonchev–Trinajstić information content (AvgIpc) is 2.72. The number of aliphatic carboxylic acids is 1. The minimum atomic E-state index is -1.01. The van der Waals surface area contributed by atoms with Crippen molar-refractivity contribution in [1.29, 1.82) is 0 Å². The molecule has 1 N–H and O–H groups in total. The zero-order chi connectivity index (χ0) is 10.8. The van der Waals surface area contributed by atoms with Crippen molar-refractivity contribution in [3.05, 3.63) is 12.6 Å². The third-order valence-corrected chi connectivity index (χ3v) is 1.96. The Labute approximate surface area is 84.3 Å². The van der Waals surface area contributed by atoms with Gasteiger partial charge in [-0.05, 0) is 0 Å². The van der Waals surface area contributed by atoms with Gasteiger partial charge in [0.15, 0.2) is 6.39 Å². The van der Waals surface area contributed by atoms with Gasteiger partial charge >= 0.3 is 12.1 Å². The van der Waals surface area contributed by atoms with E-state index in [9.17, 15) is 9.59 Å². The fourth-order valence-electron chi connectivity index (χ4n) is 1.34. The number of nitrogens with zero attached hydrogens (tertiary/aromatic N) is 2. The maximum atomic E-state index is 11.3. The van der Waals surface area contributed by atoms with Crippen LogP contribution in [0, 0.1) is 0 Å². The number of ether oxygens (including phenoxy) is 1. The van der Waals surface area contributed by atoms with E-state index in [2.05, 4.69) is 4.98 Å². The van der Waals surface area contributed by atoms with E-state index >= 15 is 0 Å². The SMILES string of the molecule is O=C(O)CC1CN(c2cnco2)C(=O)O1. The lowest BCUT2D eigenvalue weighted by atomic mass is 10.2. The van der Waals surface area contributed by atoms with E-state index in [1.807, 2.05) is 0 Å². The number of carbonyl (C=O) groups excluding carboxylic acids is 1. The van der Waals surface area contributed by atoms with Crippen LogP contribution in [0.5, 0.6) is 0 Å². The molecule has 7 heteroatoms. The van der Waals surface area contributed by atoms with Crippen LogP contribution in [0.4, 0.5) is 10.7 Å². The fraction of sp³-hybridized carbons (Fsp3) is 0.375. The molecule has 2 rings (SSSR count). The van der Waals surface area contributed by atoms with Gasteiger partial charge in [-0.3, -0.25) is 4.79 Å². The Hall–Kier alpha value is -2.05. The molecule has 1 amide bonds. The van der Waals surface area contributed by atoms with Crippen LogP contribution in [0.25, 0.3) is 0 Å². The minimum Gasteiger partial charge on any atom is -0.481 e. The minimum absolute atomic E-state index is 0.167. The quantitative estimate of drug-likeness (QED) is 0.782. The van der Waals surface area contributed by atoms with E-state index < -0.39 is 18.2 Å². The standard InChI is InChI=1S/C8H8N2O5/c11-7(12)1-5-3-10(8(13)15-5)6-2-9-4-14-6/h2,4-5H,1,3H2,(H,11,12). The lowest BCUT2D eigenvalue weighted by molar-refractivity contribution is -0.138. The molecule has 0 spiro atoms. The lowest BCUT2D eigenvalue weighted by Gasteiger charge is -2.06. The largest absolute Gasteiger partial charge is 0.481 e. The van der Waals surface area contributed by atoms with Crippen LogP contribution in [-0.2, 0) is 9.53 Å². The topological polar surface area (TPSA) is 92.9 Å². The van der Waals surface area contributed by atoms with Crippen LogP contribution in [0.15, 0.2) is 17.0 Å². The van der Waals surface area contributed by atoms with Crippen LogP contribution in [0.3, 0.4) is 0 Å². The summed E-state index contributed by atoms with van der Waals surface area (Å²) < 4.78 is 9.73. The van der Waals surface area contributed by atoms with Gasteiger partial charge in [0, 0.05) is 0 Å². The molecular formula is C8H8N2O5. The summed E-state index contributed by atoms with van der Waals surface area (Å²) in [5.41, 5.74) is 0. The highest BCUT2D eigenvalue weighted by atomic mass is 16.6. The molecule has 1 aromatic heterocycles. The van der Waals surface area contributed by atoms with Gasteiger partial charge in [0.05, 0.1) is 19.2 Å². The number of cyclic esters (lactones) is 1. The third kappa shape index (κ3) is 1.90. The van der Waals surface area contributed by atoms with E-state index in [0.29, 0.717) is 0 Å². The van der Waals surface area contributed by atoms with E-state index in [0.717, 1.165) is 0 Å². The molecule has 1 unspecified atom stereocenters. The average molecular weight is 212 g/mol. The molecule has 2 heterocycles. The monoisotopic (exact) mass is 212 g/mol. The summed E-state index contributed by atoms with van der Waals surface area (Å²) in [5.74, 6) is -0.750. The van der Waals surface area contributed by atoms with Gasteiger partial charge < -0.3 is 14.3 Å². The highest BCUT2D eigenvalue weighted by molar-refractivity contribution is 5.88. The molecule has 80 valence electrons. The van der Waals surface area contributed by atoms with Crippen LogP contribution in [-0.4, -0.2) is 34.8 Å². The van der Waals surface area contributed by atoms with Crippen molar-refractivity contribution in [1.82, 2.24) is 4.98 Å². The number of hydrogen-bond acceptors (Lipinski definition) is 5. The second kappa shape index (κ2) is 3.60. The number of aromatic nitrogens is 1. The van der Waals surface area contributed by atoms with Crippen LogP contribution in [0.2, 0.25) is 0 Å². The van der Waals surface area contributed by atoms with Gasteiger partial charge in [0.25, 0.3) is 0 Å². The summed E-state index contributed by atoms with van der Waals surface area (Å²) in [5, 5.41) is 8.53. The molecule has 0 radical (unpaired) electrons. The molecule has 0 bridgehead atoms. The second-order valence-electron chi connectivity index (χ2n) is 3.05. The fourth-order valence-corrected chi connectivity index (χ4v) is 1.34. The highest BCUT2D eigenvalue weighted by Gasteiger charge is 2.35. The number of anilines is 1. The van der Waals surface area contributed by atoms with E-state index in [-0.39, 0.29) is 18.8 Å². The first kappa shape index (κ1) is 9.50. The molecule has 1 fully saturated rings. The summed E-state index contributed by atoms with van der Waals surface area (Å²) in [6, 6.07) is 0. The Morgan fingerprint density at radius 3 is 3.13 bits per heavy atom. The molecule has 1 atom stereocenters. The Balaban J connectivity index is 2.05. The first-order valence-electron chi connectivity index (χ1n) is 4.25. The van der Waals surface area contributed by atoms with Gasteiger partial charge in [0.1, 0.15) is 6.10 Å². The van der Waals surface area contributed by atoms with E-state index in [4.69, 9.17) is 14.3 Å². The van der Waals surface area contributed by atoms with Crippen molar-refractivity contribution in [2.75, 3.05) is 11.4 Å². The molecule has 15 heavy (non-hydrogen) atoms. The third-order valence-electron chi connectivity index (χ3n) is 1.96. The summed E-state index contributed by atoms with van der Waals surface area (Å²) in [7, 11) is 0. The predicted octanol–water partition coefficient (Wildman–Crippen LogP) is 0.475. The first-order valence-corrected chi connectivity index (χ1v) is 4.25. The summed E-state index contributed by atoms with van der Waals surface area (Å²) in [6.07, 6.45) is 1.09. The number of carboxylic acid groups (broad SMARTS) is 1. The number of rotatable bonds is 3. The highest BCUT2D eigenvalue weighted by Crippen LogP contribution is 2.21. The number of hydrogen-bond donors (Lipinski definition) is 1. The van der Waals surface area contributed by atoms with Gasteiger partial charge in [-0.15, -0.1) is 0 Å². The zero-order valence-corrected chi connectivity index (χ0v) is 7.62. The molecule has 1 aliphatic heterocycles. The summed E-state index contributed by atoms with van der Waals surface area (Å²) in [4.78, 5) is 26.6. The molecule has 0 aromatic carbocycles. The first-order chi connectivity index (χ1) is 7.16. The number of amides is 1. The lowest BCUT2D eigenvalue weighted by Crippen LogP contribution is -2.24. The Morgan fingerprint density at radius 2 is 2.53 bits per heavy atom. The number of carboxylic acids is 1. The number of carbonyl (C=O) groups is 2. The maximum Gasteiger partial charge on any atom is 0.417 e. The Morgan fingerprint density at radius 1 is 1.73 bits per heavy atom.